The molecule has 28 heavy (non-hydrogen) atoms. The highest BCUT2D eigenvalue weighted by atomic mass is 35.5. The number of hydrogen-bond donors (Lipinski definition) is 1. The Hall–Kier alpha value is -2.53. The summed E-state index contributed by atoms with van der Waals surface area (Å²) < 4.78 is 7.23. The predicted molar refractivity (Wildman–Crippen MR) is 112 cm³/mol. The van der Waals surface area contributed by atoms with Crippen LogP contribution in [0.15, 0.2) is 47.6 Å². The molecule has 6 nitrogen and oxygen atoms in total. The van der Waals surface area contributed by atoms with E-state index >= 15 is 0 Å². The fourth-order valence-corrected chi connectivity index (χ4v) is 3.82. The average Bonchev–Trinajstić information content (AvgIpc) is 3.02. The number of aromatic nitrogens is 2. The fraction of sp³-hybridized carbons (Fsp3) is 0.250. The Morgan fingerprint density at radius 3 is 2.93 bits per heavy atom. The first-order valence-corrected chi connectivity index (χ1v) is 9.90. The number of ether oxygens (including phenoxy) is 1. The largest absolute Gasteiger partial charge is 0.383 e. The lowest BCUT2D eigenvalue weighted by Gasteiger charge is -2.14. The van der Waals surface area contributed by atoms with Gasteiger partial charge in [-0.1, -0.05) is 35.5 Å². The van der Waals surface area contributed by atoms with Crippen molar-refractivity contribution < 1.29 is 9.53 Å². The number of amides is 1. The molecule has 8 heteroatoms. The number of imidazole rings is 1. The van der Waals surface area contributed by atoms with Crippen molar-refractivity contribution in [2.24, 2.45) is 0 Å². The molecule has 1 heterocycles. The molecule has 0 aliphatic rings. The molecule has 0 radical (unpaired) electrons. The fourth-order valence-electron chi connectivity index (χ4n) is 2.71. The van der Waals surface area contributed by atoms with E-state index in [1.54, 1.807) is 37.4 Å². The van der Waals surface area contributed by atoms with Crippen LogP contribution in [0.2, 0.25) is 5.02 Å². The summed E-state index contributed by atoms with van der Waals surface area (Å²) in [7, 11) is 1.64. The van der Waals surface area contributed by atoms with Gasteiger partial charge in [-0.15, -0.1) is 0 Å². The van der Waals surface area contributed by atoms with Crippen LogP contribution in [0.1, 0.15) is 12.5 Å². The molecule has 1 unspecified atom stereocenters. The Balaban J connectivity index is 1.82. The molecule has 1 atom stereocenters. The summed E-state index contributed by atoms with van der Waals surface area (Å²) in [5, 5.41) is 12.9. The SMILES string of the molecule is COCCn1c(SC(C)C(=O)Nc2ccccc2C#N)nc2cc(Cl)ccc21. The molecule has 0 saturated carbocycles. The van der Waals surface area contributed by atoms with Crippen molar-refractivity contribution in [3.05, 3.63) is 53.1 Å². The zero-order valence-electron chi connectivity index (χ0n) is 15.5. The van der Waals surface area contributed by atoms with Crippen LogP contribution in [0.25, 0.3) is 11.0 Å². The maximum Gasteiger partial charge on any atom is 0.237 e. The number of nitrogens with zero attached hydrogens (tertiary/aromatic N) is 3. The van der Waals surface area contributed by atoms with E-state index in [2.05, 4.69) is 16.4 Å². The minimum Gasteiger partial charge on any atom is -0.383 e. The van der Waals surface area contributed by atoms with Crippen molar-refractivity contribution in [1.29, 1.82) is 5.26 Å². The highest BCUT2D eigenvalue weighted by molar-refractivity contribution is 8.00. The number of carbonyl (C=O) groups is 1. The molecule has 0 spiro atoms. The number of rotatable bonds is 7. The number of thioether (sulfide) groups is 1. The number of nitrogens with one attached hydrogen (secondary N) is 1. The first kappa shape index (κ1) is 20.2. The number of anilines is 1. The number of fused-ring (bicyclic) bond motifs is 1. The summed E-state index contributed by atoms with van der Waals surface area (Å²) in [5.41, 5.74) is 2.64. The maximum absolute atomic E-state index is 12.7. The van der Waals surface area contributed by atoms with E-state index in [0.29, 0.717) is 34.6 Å². The van der Waals surface area contributed by atoms with Crippen molar-refractivity contribution in [2.75, 3.05) is 19.0 Å². The molecule has 3 rings (SSSR count). The third-order valence-electron chi connectivity index (χ3n) is 4.15. The van der Waals surface area contributed by atoms with Crippen LogP contribution in [-0.4, -0.2) is 34.4 Å². The molecule has 144 valence electrons. The predicted octanol–water partition coefficient (Wildman–Crippen LogP) is 4.33. The van der Waals surface area contributed by atoms with Crippen LogP contribution >= 0.6 is 23.4 Å². The summed E-state index contributed by atoms with van der Waals surface area (Å²) in [5.74, 6) is -0.198. The number of halogens is 1. The Bertz CT molecular complexity index is 1040. The van der Waals surface area contributed by atoms with Crippen molar-refractivity contribution in [2.45, 2.75) is 23.9 Å². The highest BCUT2D eigenvalue weighted by Gasteiger charge is 2.20. The number of para-hydroxylation sites is 1. The minimum atomic E-state index is -0.416. The Morgan fingerprint density at radius 2 is 2.18 bits per heavy atom. The number of methoxy groups -OCH3 is 1. The molecule has 1 aromatic heterocycles. The molecule has 1 N–H and O–H groups in total. The second-order valence-electron chi connectivity index (χ2n) is 6.08. The smallest absolute Gasteiger partial charge is 0.237 e. The van der Waals surface area contributed by atoms with Crippen LogP contribution in [0.4, 0.5) is 5.69 Å². The first-order valence-electron chi connectivity index (χ1n) is 8.65. The number of carbonyl (C=O) groups excluding carboxylic acids is 1. The summed E-state index contributed by atoms with van der Waals surface area (Å²) >= 11 is 7.44. The average molecular weight is 415 g/mol. The van der Waals surface area contributed by atoms with Gasteiger partial charge in [-0.05, 0) is 37.3 Å². The van der Waals surface area contributed by atoms with E-state index in [1.165, 1.54) is 11.8 Å². The lowest BCUT2D eigenvalue weighted by atomic mass is 10.2. The van der Waals surface area contributed by atoms with Gasteiger partial charge in [0.25, 0.3) is 0 Å². The molecule has 0 saturated heterocycles. The van der Waals surface area contributed by atoms with E-state index in [-0.39, 0.29) is 5.91 Å². The standard InChI is InChI=1S/C20H19ClN4O2S/c1-13(19(26)23-16-6-4-3-5-14(16)12-22)28-20-24-17-11-15(21)7-8-18(17)25(20)9-10-27-2/h3-8,11,13H,9-10H2,1-2H3,(H,23,26). The third-order valence-corrected chi connectivity index (χ3v) is 5.48. The summed E-state index contributed by atoms with van der Waals surface area (Å²) in [6.07, 6.45) is 0. The van der Waals surface area contributed by atoms with Crippen LogP contribution in [0.5, 0.6) is 0 Å². The quantitative estimate of drug-likeness (QED) is 0.582. The minimum absolute atomic E-state index is 0.198. The summed E-state index contributed by atoms with van der Waals surface area (Å²) in [6, 6.07) is 14.5. The summed E-state index contributed by atoms with van der Waals surface area (Å²) in [4.78, 5) is 17.3. The van der Waals surface area contributed by atoms with E-state index in [0.717, 1.165) is 11.0 Å². The molecule has 2 aromatic carbocycles. The van der Waals surface area contributed by atoms with Gasteiger partial charge in [-0.3, -0.25) is 4.79 Å². The van der Waals surface area contributed by atoms with Gasteiger partial charge in [-0.2, -0.15) is 5.26 Å². The van der Waals surface area contributed by atoms with Gasteiger partial charge < -0.3 is 14.6 Å². The lowest BCUT2D eigenvalue weighted by Crippen LogP contribution is -2.23. The zero-order chi connectivity index (χ0) is 20.1. The maximum atomic E-state index is 12.7. The van der Waals surface area contributed by atoms with Gasteiger partial charge in [0, 0.05) is 18.7 Å². The van der Waals surface area contributed by atoms with Crippen LogP contribution in [0.3, 0.4) is 0 Å². The molecule has 0 aliphatic heterocycles. The lowest BCUT2D eigenvalue weighted by molar-refractivity contribution is -0.115. The molecule has 0 aliphatic carbocycles. The number of benzene rings is 2. The van der Waals surface area contributed by atoms with Gasteiger partial charge in [0.1, 0.15) is 6.07 Å². The van der Waals surface area contributed by atoms with E-state index in [4.69, 9.17) is 16.3 Å². The van der Waals surface area contributed by atoms with Crippen molar-refractivity contribution in [1.82, 2.24) is 9.55 Å². The molecular weight excluding hydrogens is 396 g/mol. The monoisotopic (exact) mass is 414 g/mol. The molecule has 0 fully saturated rings. The van der Waals surface area contributed by atoms with Crippen LogP contribution in [-0.2, 0) is 16.1 Å². The van der Waals surface area contributed by atoms with Gasteiger partial charge in [0.05, 0.1) is 34.1 Å². The van der Waals surface area contributed by atoms with Gasteiger partial charge in [0.2, 0.25) is 5.91 Å². The number of nitriles is 1. The normalized spacial score (nSPS) is 11.9. The highest BCUT2D eigenvalue weighted by Crippen LogP contribution is 2.29. The second kappa shape index (κ2) is 9.11. The molecule has 0 bridgehead atoms. The summed E-state index contributed by atoms with van der Waals surface area (Å²) in [6.45, 7) is 2.95. The van der Waals surface area contributed by atoms with E-state index in [9.17, 15) is 10.1 Å². The van der Waals surface area contributed by atoms with Crippen molar-refractivity contribution in [3.63, 3.8) is 0 Å². The Labute approximate surface area is 172 Å². The van der Waals surface area contributed by atoms with Gasteiger partial charge in [-0.25, -0.2) is 4.98 Å². The topological polar surface area (TPSA) is 79.9 Å². The molecule has 3 aromatic rings. The Kier molecular flexibility index (Phi) is 6.57. The van der Waals surface area contributed by atoms with E-state index < -0.39 is 5.25 Å². The van der Waals surface area contributed by atoms with Crippen LogP contribution in [0, 0.1) is 11.3 Å². The van der Waals surface area contributed by atoms with Crippen molar-refractivity contribution in [3.8, 4) is 6.07 Å². The van der Waals surface area contributed by atoms with E-state index in [1.807, 2.05) is 23.6 Å². The molecule has 1 amide bonds. The van der Waals surface area contributed by atoms with Gasteiger partial charge >= 0.3 is 0 Å². The Morgan fingerprint density at radius 1 is 1.39 bits per heavy atom. The third kappa shape index (κ3) is 4.47. The first-order chi connectivity index (χ1) is 13.5. The zero-order valence-corrected chi connectivity index (χ0v) is 17.0. The van der Waals surface area contributed by atoms with Crippen LogP contribution < -0.4 is 5.32 Å². The number of hydrogen-bond acceptors (Lipinski definition) is 5. The van der Waals surface area contributed by atoms with Crippen molar-refractivity contribution >= 4 is 46.0 Å². The second-order valence-corrected chi connectivity index (χ2v) is 7.82. The molecular formula is C20H19ClN4O2S. The van der Waals surface area contributed by atoms with Gasteiger partial charge in [0.15, 0.2) is 5.16 Å².